The van der Waals surface area contributed by atoms with Crippen LogP contribution in [0.5, 0.6) is 17.2 Å². The topological polar surface area (TPSA) is 87.0 Å². The Bertz CT molecular complexity index is 644. The lowest BCUT2D eigenvalue weighted by molar-refractivity contribution is 0.142. The molecule has 0 aliphatic carbocycles. The fraction of sp³-hybridized carbons (Fsp3) is 0. The van der Waals surface area contributed by atoms with Crippen LogP contribution < -0.4 is 4.74 Å². The second-order valence-electron chi connectivity index (χ2n) is 3.99. The molecule has 102 valence electrons. The standard InChI is InChI=1S/C15H12O5/c16-12-8-5-10(6-9-12)4-7-11-2-1-3-13(17)14(11)20-15(18)19/h1-9,16-17H,(H,18,19). The Hall–Kier alpha value is -2.95. The maximum Gasteiger partial charge on any atom is 0.511 e. The number of para-hydroxylation sites is 1. The van der Waals surface area contributed by atoms with Crippen LogP contribution in [0.1, 0.15) is 11.1 Å². The van der Waals surface area contributed by atoms with Crippen molar-refractivity contribution in [2.75, 3.05) is 0 Å². The van der Waals surface area contributed by atoms with E-state index in [9.17, 15) is 15.0 Å². The lowest BCUT2D eigenvalue weighted by Crippen LogP contribution is -2.04. The Morgan fingerprint density at radius 1 is 1.00 bits per heavy atom. The Balaban J connectivity index is 2.30. The molecule has 2 aromatic rings. The molecule has 5 nitrogen and oxygen atoms in total. The fourth-order valence-corrected chi connectivity index (χ4v) is 1.64. The zero-order chi connectivity index (χ0) is 14.5. The second kappa shape index (κ2) is 5.79. The van der Waals surface area contributed by atoms with Crippen LogP contribution in [0, 0.1) is 0 Å². The molecular formula is C15H12O5. The first-order valence-corrected chi connectivity index (χ1v) is 5.76. The summed E-state index contributed by atoms with van der Waals surface area (Å²) in [6, 6.07) is 11.0. The van der Waals surface area contributed by atoms with Crippen molar-refractivity contribution >= 4 is 18.3 Å². The first-order valence-electron chi connectivity index (χ1n) is 5.76. The minimum atomic E-state index is -1.49. The molecule has 0 saturated carbocycles. The van der Waals surface area contributed by atoms with Crippen molar-refractivity contribution in [3.8, 4) is 17.2 Å². The van der Waals surface area contributed by atoms with E-state index >= 15 is 0 Å². The van der Waals surface area contributed by atoms with E-state index in [1.807, 2.05) is 0 Å². The summed E-state index contributed by atoms with van der Waals surface area (Å²) in [6.07, 6.45) is 1.83. The van der Waals surface area contributed by atoms with Gasteiger partial charge in [-0.2, -0.15) is 0 Å². The molecule has 20 heavy (non-hydrogen) atoms. The number of phenolic OH excluding ortho intramolecular Hbond substituents is 2. The number of rotatable bonds is 3. The smallest absolute Gasteiger partial charge is 0.508 e. The van der Waals surface area contributed by atoms with Gasteiger partial charge in [0.25, 0.3) is 0 Å². The van der Waals surface area contributed by atoms with Crippen LogP contribution >= 0.6 is 0 Å². The number of ether oxygens (including phenoxy) is 1. The van der Waals surface area contributed by atoms with E-state index in [0.717, 1.165) is 5.56 Å². The van der Waals surface area contributed by atoms with Crippen molar-refractivity contribution in [2.24, 2.45) is 0 Å². The molecule has 2 aromatic carbocycles. The number of hydrogen-bond acceptors (Lipinski definition) is 4. The summed E-state index contributed by atoms with van der Waals surface area (Å²) in [5.74, 6) is -0.204. The average molecular weight is 272 g/mol. The molecule has 0 saturated heterocycles. The Morgan fingerprint density at radius 3 is 2.35 bits per heavy atom. The molecule has 0 unspecified atom stereocenters. The van der Waals surface area contributed by atoms with Crippen molar-refractivity contribution in [1.82, 2.24) is 0 Å². The number of carboxylic acid groups (broad SMARTS) is 1. The highest BCUT2D eigenvalue weighted by Crippen LogP contribution is 2.31. The summed E-state index contributed by atoms with van der Waals surface area (Å²) in [7, 11) is 0. The van der Waals surface area contributed by atoms with Crippen molar-refractivity contribution in [2.45, 2.75) is 0 Å². The molecule has 3 N–H and O–H groups in total. The van der Waals surface area contributed by atoms with E-state index in [-0.39, 0.29) is 17.2 Å². The number of aromatic hydroxyl groups is 2. The number of phenols is 2. The molecule has 0 heterocycles. The van der Waals surface area contributed by atoms with Gasteiger partial charge >= 0.3 is 6.16 Å². The highest BCUT2D eigenvalue weighted by molar-refractivity contribution is 5.76. The number of benzene rings is 2. The monoisotopic (exact) mass is 272 g/mol. The molecule has 0 aromatic heterocycles. The van der Waals surface area contributed by atoms with Gasteiger partial charge in [0, 0.05) is 5.56 Å². The second-order valence-corrected chi connectivity index (χ2v) is 3.99. The van der Waals surface area contributed by atoms with Crippen LogP contribution in [0.25, 0.3) is 12.2 Å². The first-order chi connectivity index (χ1) is 9.56. The minimum Gasteiger partial charge on any atom is -0.508 e. The summed E-state index contributed by atoms with van der Waals surface area (Å²) < 4.78 is 4.56. The molecule has 0 aliphatic heterocycles. The summed E-state index contributed by atoms with van der Waals surface area (Å²) in [4.78, 5) is 10.6. The van der Waals surface area contributed by atoms with Gasteiger partial charge in [-0.3, -0.25) is 0 Å². The first kappa shape index (κ1) is 13.5. The van der Waals surface area contributed by atoms with E-state index in [2.05, 4.69) is 4.74 Å². The van der Waals surface area contributed by atoms with E-state index in [0.29, 0.717) is 5.56 Å². The van der Waals surface area contributed by atoms with Crippen molar-refractivity contribution in [3.05, 3.63) is 53.6 Å². The van der Waals surface area contributed by atoms with Gasteiger partial charge in [0.15, 0.2) is 11.5 Å². The molecule has 0 spiro atoms. The summed E-state index contributed by atoms with van der Waals surface area (Å²) in [6.45, 7) is 0. The normalized spacial score (nSPS) is 10.6. The molecule has 2 rings (SSSR count). The molecule has 5 heteroatoms. The zero-order valence-corrected chi connectivity index (χ0v) is 10.4. The van der Waals surface area contributed by atoms with Gasteiger partial charge in [0.05, 0.1) is 0 Å². The quantitative estimate of drug-likeness (QED) is 0.453. The molecule has 0 aliphatic rings. The third-order valence-electron chi connectivity index (χ3n) is 2.56. The van der Waals surface area contributed by atoms with Gasteiger partial charge in [-0.15, -0.1) is 0 Å². The molecule has 0 atom stereocenters. The third kappa shape index (κ3) is 3.29. The van der Waals surface area contributed by atoms with Crippen molar-refractivity contribution in [3.63, 3.8) is 0 Å². The number of hydrogen-bond donors (Lipinski definition) is 3. The van der Waals surface area contributed by atoms with Gasteiger partial charge in [0.2, 0.25) is 0 Å². The Kier molecular flexibility index (Phi) is 3.91. The fourth-order valence-electron chi connectivity index (χ4n) is 1.64. The van der Waals surface area contributed by atoms with Gasteiger partial charge < -0.3 is 20.1 Å². The maximum atomic E-state index is 10.6. The third-order valence-corrected chi connectivity index (χ3v) is 2.56. The number of carbonyl (C=O) groups is 1. The van der Waals surface area contributed by atoms with Gasteiger partial charge in [0.1, 0.15) is 5.75 Å². The average Bonchev–Trinajstić information content (AvgIpc) is 2.41. The maximum absolute atomic E-state index is 10.6. The van der Waals surface area contributed by atoms with Crippen molar-refractivity contribution in [1.29, 1.82) is 0 Å². The van der Waals surface area contributed by atoms with E-state index in [1.54, 1.807) is 36.4 Å². The predicted molar refractivity (Wildman–Crippen MR) is 73.8 cm³/mol. The van der Waals surface area contributed by atoms with Crippen LogP contribution in [0.4, 0.5) is 4.79 Å². The Labute approximate surface area is 115 Å². The van der Waals surface area contributed by atoms with Crippen LogP contribution in [0.15, 0.2) is 42.5 Å². The van der Waals surface area contributed by atoms with Crippen LogP contribution in [-0.2, 0) is 0 Å². The van der Waals surface area contributed by atoms with Crippen LogP contribution in [0.3, 0.4) is 0 Å². The Morgan fingerprint density at radius 2 is 1.70 bits per heavy atom. The molecular weight excluding hydrogens is 260 g/mol. The SMILES string of the molecule is O=C(O)Oc1c(O)cccc1C=Cc1ccc(O)cc1. The van der Waals surface area contributed by atoms with E-state index in [4.69, 9.17) is 5.11 Å². The summed E-state index contributed by atoms with van der Waals surface area (Å²) in [5, 5.41) is 27.4. The zero-order valence-electron chi connectivity index (χ0n) is 10.4. The molecule has 0 bridgehead atoms. The highest BCUT2D eigenvalue weighted by Gasteiger charge is 2.10. The van der Waals surface area contributed by atoms with Crippen LogP contribution in [0.2, 0.25) is 0 Å². The summed E-state index contributed by atoms with van der Waals surface area (Å²) in [5.41, 5.74) is 1.24. The minimum absolute atomic E-state index is 0.116. The lowest BCUT2D eigenvalue weighted by Gasteiger charge is -2.06. The van der Waals surface area contributed by atoms with Crippen molar-refractivity contribution < 1.29 is 24.9 Å². The predicted octanol–water partition coefficient (Wildman–Crippen LogP) is 3.33. The van der Waals surface area contributed by atoms with E-state index in [1.165, 1.54) is 18.2 Å². The largest absolute Gasteiger partial charge is 0.511 e. The summed E-state index contributed by atoms with van der Waals surface area (Å²) >= 11 is 0. The highest BCUT2D eigenvalue weighted by atomic mass is 16.7. The molecule has 0 amide bonds. The van der Waals surface area contributed by atoms with Gasteiger partial charge in [-0.1, -0.05) is 36.4 Å². The molecule has 0 fully saturated rings. The van der Waals surface area contributed by atoms with E-state index < -0.39 is 6.16 Å². The van der Waals surface area contributed by atoms with Gasteiger partial charge in [-0.25, -0.2) is 4.79 Å². The molecule has 0 radical (unpaired) electrons. The van der Waals surface area contributed by atoms with Crippen LogP contribution in [-0.4, -0.2) is 21.5 Å². The van der Waals surface area contributed by atoms with Gasteiger partial charge in [-0.05, 0) is 23.8 Å². The lowest BCUT2D eigenvalue weighted by atomic mass is 10.1.